The first-order chi connectivity index (χ1) is 16.1. The second-order valence-corrected chi connectivity index (χ2v) is 7.78. The van der Waals surface area contributed by atoms with Gasteiger partial charge in [0, 0.05) is 16.9 Å². The number of allylic oxidation sites excluding steroid dienone is 1. The second-order valence-electron chi connectivity index (χ2n) is 7.78. The number of nitrogens with zero attached hydrogens (tertiary/aromatic N) is 2. The summed E-state index contributed by atoms with van der Waals surface area (Å²) in [5.41, 5.74) is 4.67. The van der Waals surface area contributed by atoms with Gasteiger partial charge in [0.25, 0.3) is 5.91 Å². The molecule has 166 valence electrons. The molecule has 0 unspecified atom stereocenters. The van der Waals surface area contributed by atoms with Gasteiger partial charge in [-0.1, -0.05) is 30.3 Å². The molecule has 4 aromatic rings. The van der Waals surface area contributed by atoms with E-state index >= 15 is 0 Å². The number of amides is 1. The number of imidazole rings is 1. The topological polar surface area (TPSA) is 77.4 Å². The first-order valence-corrected chi connectivity index (χ1v) is 10.6. The van der Waals surface area contributed by atoms with Crippen LogP contribution in [0.3, 0.4) is 0 Å². The zero-order valence-corrected chi connectivity index (χ0v) is 18.6. The maximum absolute atomic E-state index is 13.7. The van der Waals surface area contributed by atoms with Crippen LogP contribution in [0.4, 0.5) is 11.6 Å². The van der Waals surface area contributed by atoms with Crippen molar-refractivity contribution >= 4 is 28.6 Å². The van der Waals surface area contributed by atoms with Gasteiger partial charge in [-0.25, -0.2) is 4.98 Å². The van der Waals surface area contributed by atoms with Crippen molar-refractivity contribution in [3.8, 4) is 11.5 Å². The Morgan fingerprint density at radius 3 is 2.45 bits per heavy atom. The predicted octanol–water partition coefficient (Wildman–Crippen LogP) is 4.98. The number of benzene rings is 3. The van der Waals surface area contributed by atoms with Crippen LogP contribution in [0, 0.1) is 0 Å². The second kappa shape index (κ2) is 8.35. The van der Waals surface area contributed by atoms with Crippen LogP contribution in [0.2, 0.25) is 0 Å². The van der Waals surface area contributed by atoms with E-state index in [0.717, 1.165) is 28.0 Å². The number of nitrogens with one attached hydrogen (secondary N) is 2. The summed E-state index contributed by atoms with van der Waals surface area (Å²) in [6.07, 6.45) is 0. The molecule has 1 amide bonds. The number of rotatable bonds is 5. The smallest absolute Gasteiger partial charge is 0.255 e. The number of carbonyl (C=O) groups excluding carboxylic acids is 1. The molecule has 2 heterocycles. The largest absolute Gasteiger partial charge is 0.497 e. The minimum atomic E-state index is -0.428. The van der Waals surface area contributed by atoms with Crippen molar-refractivity contribution in [2.24, 2.45) is 0 Å². The molecule has 1 atom stereocenters. The molecule has 1 aliphatic heterocycles. The monoisotopic (exact) mass is 440 g/mol. The van der Waals surface area contributed by atoms with E-state index in [1.54, 1.807) is 14.2 Å². The van der Waals surface area contributed by atoms with Gasteiger partial charge in [0.1, 0.15) is 11.5 Å². The third kappa shape index (κ3) is 3.57. The summed E-state index contributed by atoms with van der Waals surface area (Å²) >= 11 is 0. The number of hydrogen-bond acceptors (Lipinski definition) is 5. The van der Waals surface area contributed by atoms with Crippen molar-refractivity contribution in [1.82, 2.24) is 9.55 Å². The van der Waals surface area contributed by atoms with Crippen molar-refractivity contribution in [2.75, 3.05) is 24.9 Å². The summed E-state index contributed by atoms with van der Waals surface area (Å²) in [6, 6.07) is 22.5. The zero-order valence-electron chi connectivity index (χ0n) is 18.6. The van der Waals surface area contributed by atoms with E-state index in [-0.39, 0.29) is 5.91 Å². The molecule has 1 aromatic heterocycles. The van der Waals surface area contributed by atoms with Gasteiger partial charge in [0.05, 0.1) is 36.9 Å². The van der Waals surface area contributed by atoms with Gasteiger partial charge >= 0.3 is 0 Å². The van der Waals surface area contributed by atoms with Gasteiger partial charge in [0.15, 0.2) is 0 Å². The van der Waals surface area contributed by atoms with Crippen LogP contribution in [-0.4, -0.2) is 29.7 Å². The fourth-order valence-corrected chi connectivity index (χ4v) is 4.32. The Labute approximate surface area is 191 Å². The Morgan fingerprint density at radius 2 is 1.70 bits per heavy atom. The summed E-state index contributed by atoms with van der Waals surface area (Å²) in [6.45, 7) is 1.90. The van der Waals surface area contributed by atoms with E-state index in [1.165, 1.54) is 0 Å². The molecular weight excluding hydrogens is 416 g/mol. The van der Waals surface area contributed by atoms with Crippen molar-refractivity contribution in [1.29, 1.82) is 0 Å². The first kappa shape index (κ1) is 20.6. The normalized spacial score (nSPS) is 15.1. The molecule has 0 saturated heterocycles. The Morgan fingerprint density at radius 1 is 0.970 bits per heavy atom. The Bertz CT molecular complexity index is 1370. The van der Waals surface area contributed by atoms with Gasteiger partial charge in [-0.15, -0.1) is 0 Å². The van der Waals surface area contributed by atoms with Gasteiger partial charge < -0.3 is 20.1 Å². The average Bonchev–Trinajstić information content (AvgIpc) is 3.21. The van der Waals surface area contributed by atoms with Crippen molar-refractivity contribution in [2.45, 2.75) is 13.0 Å². The zero-order chi connectivity index (χ0) is 22.9. The van der Waals surface area contributed by atoms with Crippen LogP contribution in [0.5, 0.6) is 11.5 Å². The number of methoxy groups -OCH3 is 2. The van der Waals surface area contributed by atoms with Crippen LogP contribution in [0.1, 0.15) is 18.5 Å². The van der Waals surface area contributed by atoms with Crippen molar-refractivity contribution in [3.63, 3.8) is 0 Å². The fourth-order valence-electron chi connectivity index (χ4n) is 4.32. The number of anilines is 2. The molecule has 7 heteroatoms. The summed E-state index contributed by atoms with van der Waals surface area (Å²) in [5.74, 6) is 1.91. The third-order valence-corrected chi connectivity index (χ3v) is 5.86. The van der Waals surface area contributed by atoms with Gasteiger partial charge in [-0.3, -0.25) is 9.36 Å². The molecule has 5 rings (SSSR count). The fraction of sp³-hybridized carbons (Fsp3) is 0.154. The van der Waals surface area contributed by atoms with Crippen molar-refractivity contribution < 1.29 is 14.3 Å². The van der Waals surface area contributed by atoms with E-state index in [0.29, 0.717) is 23.0 Å². The molecule has 1 aliphatic rings. The lowest BCUT2D eigenvalue weighted by Crippen LogP contribution is -2.31. The predicted molar refractivity (Wildman–Crippen MR) is 129 cm³/mol. The molecule has 33 heavy (non-hydrogen) atoms. The molecule has 0 saturated carbocycles. The van der Waals surface area contributed by atoms with E-state index in [9.17, 15) is 4.79 Å². The highest BCUT2D eigenvalue weighted by molar-refractivity contribution is 6.06. The molecule has 0 spiro atoms. The molecule has 2 N–H and O–H groups in total. The highest BCUT2D eigenvalue weighted by Crippen LogP contribution is 2.42. The summed E-state index contributed by atoms with van der Waals surface area (Å²) in [4.78, 5) is 18.4. The highest BCUT2D eigenvalue weighted by atomic mass is 16.5. The van der Waals surface area contributed by atoms with Crippen LogP contribution in [0.25, 0.3) is 11.0 Å². The number of aromatic nitrogens is 2. The quantitative estimate of drug-likeness (QED) is 0.458. The highest BCUT2D eigenvalue weighted by Gasteiger charge is 2.35. The van der Waals surface area contributed by atoms with E-state index < -0.39 is 6.04 Å². The third-order valence-electron chi connectivity index (χ3n) is 5.86. The minimum absolute atomic E-state index is 0.204. The molecule has 7 nitrogen and oxygen atoms in total. The summed E-state index contributed by atoms with van der Waals surface area (Å²) in [7, 11) is 3.25. The van der Waals surface area contributed by atoms with E-state index in [4.69, 9.17) is 14.5 Å². The van der Waals surface area contributed by atoms with Crippen molar-refractivity contribution in [3.05, 3.63) is 89.6 Å². The standard InChI is InChI=1S/C26H24N4O3/c1-16-23(25(31)28-17-12-14-18(32-2)15-13-17)24(19-8-4-7-11-22(19)33-3)30-21-10-6-5-9-20(21)29-26(30)27-16/h4-15,24H,1-3H3,(H,27,29)(H,28,31)/t24-/m0/s1. The summed E-state index contributed by atoms with van der Waals surface area (Å²) in [5, 5.41) is 6.37. The number of hydrogen-bond donors (Lipinski definition) is 2. The maximum atomic E-state index is 13.7. The van der Waals surface area contributed by atoms with Gasteiger partial charge in [0.2, 0.25) is 5.95 Å². The molecule has 0 radical (unpaired) electrons. The first-order valence-electron chi connectivity index (χ1n) is 10.6. The lowest BCUT2D eigenvalue weighted by atomic mass is 9.93. The van der Waals surface area contributed by atoms with Crippen LogP contribution in [-0.2, 0) is 4.79 Å². The van der Waals surface area contributed by atoms with Crippen LogP contribution < -0.4 is 20.1 Å². The molecular formula is C26H24N4O3. The summed E-state index contributed by atoms with van der Waals surface area (Å²) < 4.78 is 13.0. The van der Waals surface area contributed by atoms with Gasteiger partial charge in [-0.2, -0.15) is 0 Å². The van der Waals surface area contributed by atoms with Crippen LogP contribution in [0.15, 0.2) is 84.1 Å². The van der Waals surface area contributed by atoms with E-state index in [2.05, 4.69) is 15.2 Å². The van der Waals surface area contributed by atoms with Gasteiger partial charge in [-0.05, 0) is 49.4 Å². The number of para-hydroxylation sites is 3. The number of carbonyl (C=O) groups is 1. The molecule has 3 aromatic carbocycles. The molecule has 0 fully saturated rings. The maximum Gasteiger partial charge on any atom is 0.255 e. The lowest BCUT2D eigenvalue weighted by Gasteiger charge is -2.31. The Hall–Kier alpha value is -4.26. The SMILES string of the molecule is COc1ccc(NC(=O)C2=C(C)Nc3nc4ccccc4n3[C@H]2c2ccccc2OC)cc1. The molecule has 0 bridgehead atoms. The van der Waals surface area contributed by atoms with Crippen LogP contribution >= 0.6 is 0 Å². The Kier molecular flexibility index (Phi) is 5.22. The minimum Gasteiger partial charge on any atom is -0.497 e. The average molecular weight is 441 g/mol. The molecule has 0 aliphatic carbocycles. The lowest BCUT2D eigenvalue weighted by molar-refractivity contribution is -0.113. The number of fused-ring (bicyclic) bond motifs is 3. The number of ether oxygens (including phenoxy) is 2. The van der Waals surface area contributed by atoms with E-state index in [1.807, 2.05) is 79.7 Å². The Balaban J connectivity index is 1.65.